The molecule has 1 unspecified atom stereocenters. The van der Waals surface area contributed by atoms with E-state index in [1.807, 2.05) is 11.3 Å². The van der Waals surface area contributed by atoms with Gasteiger partial charge in [-0.2, -0.15) is 11.3 Å². The molecule has 2 rings (SSSR count). The summed E-state index contributed by atoms with van der Waals surface area (Å²) in [7, 11) is 0. The molecule has 1 aromatic rings. The van der Waals surface area contributed by atoms with E-state index in [-0.39, 0.29) is 0 Å². The van der Waals surface area contributed by atoms with Gasteiger partial charge in [-0.3, -0.25) is 0 Å². The summed E-state index contributed by atoms with van der Waals surface area (Å²) in [6.07, 6.45) is 4.12. The highest BCUT2D eigenvalue weighted by Gasteiger charge is 2.22. The van der Waals surface area contributed by atoms with Crippen LogP contribution in [0.1, 0.15) is 43.7 Å². The first-order valence-corrected chi connectivity index (χ1v) is 5.78. The SMILES string of the molecule is CC(C)C1CCCc2cscc21. The lowest BCUT2D eigenvalue weighted by Crippen LogP contribution is -2.12. The Kier molecular flexibility index (Phi) is 2.22. The van der Waals surface area contributed by atoms with Crippen LogP contribution >= 0.6 is 11.3 Å². The number of aryl methyl sites for hydroxylation is 1. The van der Waals surface area contributed by atoms with E-state index in [9.17, 15) is 0 Å². The van der Waals surface area contributed by atoms with Crippen molar-refractivity contribution in [3.05, 3.63) is 21.9 Å². The highest BCUT2D eigenvalue weighted by Crippen LogP contribution is 2.38. The maximum absolute atomic E-state index is 2.36. The van der Waals surface area contributed by atoms with Crippen LogP contribution in [0.3, 0.4) is 0 Å². The van der Waals surface area contributed by atoms with E-state index >= 15 is 0 Å². The van der Waals surface area contributed by atoms with E-state index in [2.05, 4.69) is 24.6 Å². The molecule has 0 bridgehead atoms. The van der Waals surface area contributed by atoms with Crippen molar-refractivity contribution in [2.24, 2.45) is 5.92 Å². The molecule has 1 atom stereocenters. The molecule has 1 heterocycles. The molecule has 1 heteroatoms. The molecule has 0 nitrogen and oxygen atoms in total. The number of hydrogen-bond donors (Lipinski definition) is 0. The highest BCUT2D eigenvalue weighted by molar-refractivity contribution is 7.08. The average molecular weight is 180 g/mol. The Balaban J connectivity index is 2.31. The van der Waals surface area contributed by atoms with E-state index in [0.717, 1.165) is 11.8 Å². The van der Waals surface area contributed by atoms with Gasteiger partial charge in [0, 0.05) is 0 Å². The van der Waals surface area contributed by atoms with Crippen LogP contribution < -0.4 is 0 Å². The number of rotatable bonds is 1. The summed E-state index contributed by atoms with van der Waals surface area (Å²) in [4.78, 5) is 0. The normalized spacial score (nSPS) is 22.8. The lowest BCUT2D eigenvalue weighted by atomic mass is 9.79. The summed E-state index contributed by atoms with van der Waals surface area (Å²) in [5.41, 5.74) is 3.28. The molecule has 1 aliphatic carbocycles. The van der Waals surface area contributed by atoms with Crippen molar-refractivity contribution in [3.63, 3.8) is 0 Å². The van der Waals surface area contributed by atoms with E-state index in [4.69, 9.17) is 0 Å². The summed E-state index contributed by atoms with van der Waals surface area (Å²) in [5.74, 6) is 1.67. The monoisotopic (exact) mass is 180 g/mol. The molecule has 0 aromatic carbocycles. The predicted molar refractivity (Wildman–Crippen MR) is 54.8 cm³/mol. The van der Waals surface area contributed by atoms with Gasteiger partial charge in [0.15, 0.2) is 0 Å². The lowest BCUT2D eigenvalue weighted by molar-refractivity contribution is 0.435. The van der Waals surface area contributed by atoms with Crippen molar-refractivity contribution in [3.8, 4) is 0 Å². The summed E-state index contributed by atoms with van der Waals surface area (Å²) in [6.45, 7) is 4.69. The van der Waals surface area contributed by atoms with Crippen molar-refractivity contribution in [2.75, 3.05) is 0 Å². The molecule has 0 fully saturated rings. The van der Waals surface area contributed by atoms with Gasteiger partial charge in [0.05, 0.1) is 0 Å². The van der Waals surface area contributed by atoms with Gasteiger partial charge in [0.25, 0.3) is 0 Å². The molecule has 0 spiro atoms. The van der Waals surface area contributed by atoms with Crippen LogP contribution in [-0.4, -0.2) is 0 Å². The summed E-state index contributed by atoms with van der Waals surface area (Å²) in [5, 5.41) is 4.70. The molecule has 0 amide bonds. The Morgan fingerprint density at radius 1 is 1.42 bits per heavy atom. The quantitative estimate of drug-likeness (QED) is 0.616. The van der Waals surface area contributed by atoms with E-state index in [1.165, 1.54) is 19.3 Å². The zero-order valence-corrected chi connectivity index (χ0v) is 8.66. The fourth-order valence-corrected chi connectivity index (χ4v) is 3.18. The Bertz CT molecular complexity index is 260. The molecule has 1 aliphatic rings. The van der Waals surface area contributed by atoms with E-state index in [1.54, 1.807) is 11.1 Å². The first-order valence-electron chi connectivity index (χ1n) is 4.84. The zero-order valence-electron chi connectivity index (χ0n) is 7.84. The number of fused-ring (bicyclic) bond motifs is 1. The minimum absolute atomic E-state index is 0.818. The molecule has 0 aliphatic heterocycles. The van der Waals surface area contributed by atoms with Crippen molar-refractivity contribution in [1.29, 1.82) is 0 Å². The maximum atomic E-state index is 2.36. The molecule has 0 N–H and O–H groups in total. The second-order valence-corrected chi connectivity index (χ2v) is 4.84. The van der Waals surface area contributed by atoms with Gasteiger partial charge in [0.2, 0.25) is 0 Å². The van der Waals surface area contributed by atoms with Gasteiger partial charge in [0.1, 0.15) is 0 Å². The Hall–Kier alpha value is -0.300. The molecular formula is C11H16S. The Morgan fingerprint density at radius 2 is 2.25 bits per heavy atom. The van der Waals surface area contributed by atoms with Gasteiger partial charge in [-0.15, -0.1) is 0 Å². The lowest BCUT2D eigenvalue weighted by Gasteiger charge is -2.25. The first kappa shape index (κ1) is 8.31. The second-order valence-electron chi connectivity index (χ2n) is 4.10. The smallest absolute Gasteiger partial charge is 0.00555 e. The Labute approximate surface area is 78.6 Å². The largest absolute Gasteiger partial charge is 0.152 e. The van der Waals surface area contributed by atoms with Crippen molar-refractivity contribution >= 4 is 11.3 Å². The van der Waals surface area contributed by atoms with Gasteiger partial charge >= 0.3 is 0 Å². The third-order valence-electron chi connectivity index (χ3n) is 2.94. The van der Waals surface area contributed by atoms with Crippen LogP contribution in [0.25, 0.3) is 0 Å². The highest BCUT2D eigenvalue weighted by atomic mass is 32.1. The molecule has 0 saturated carbocycles. The average Bonchev–Trinajstić information content (AvgIpc) is 2.49. The zero-order chi connectivity index (χ0) is 8.55. The predicted octanol–water partition coefficient (Wildman–Crippen LogP) is 3.82. The molecule has 1 aromatic heterocycles. The summed E-state index contributed by atoms with van der Waals surface area (Å²) >= 11 is 1.88. The van der Waals surface area contributed by atoms with Crippen molar-refractivity contribution in [1.82, 2.24) is 0 Å². The summed E-state index contributed by atoms with van der Waals surface area (Å²) < 4.78 is 0. The Morgan fingerprint density at radius 3 is 3.00 bits per heavy atom. The van der Waals surface area contributed by atoms with Gasteiger partial charge in [-0.05, 0) is 53.0 Å². The first-order chi connectivity index (χ1) is 5.79. The van der Waals surface area contributed by atoms with Gasteiger partial charge in [-0.25, -0.2) is 0 Å². The van der Waals surface area contributed by atoms with Crippen LogP contribution in [0.4, 0.5) is 0 Å². The van der Waals surface area contributed by atoms with Crippen LogP contribution in [0.2, 0.25) is 0 Å². The standard InChI is InChI=1S/C11H16S/c1-8(2)10-5-3-4-9-6-12-7-11(9)10/h6-8,10H,3-5H2,1-2H3. The van der Waals surface area contributed by atoms with Gasteiger partial charge < -0.3 is 0 Å². The van der Waals surface area contributed by atoms with Crippen molar-refractivity contribution in [2.45, 2.75) is 39.0 Å². The number of hydrogen-bond acceptors (Lipinski definition) is 1. The van der Waals surface area contributed by atoms with Gasteiger partial charge in [-0.1, -0.05) is 13.8 Å². The topological polar surface area (TPSA) is 0 Å². The van der Waals surface area contributed by atoms with Crippen LogP contribution in [-0.2, 0) is 6.42 Å². The second kappa shape index (κ2) is 3.21. The maximum Gasteiger partial charge on any atom is -0.00555 e. The molecule has 0 saturated heterocycles. The van der Waals surface area contributed by atoms with E-state index < -0.39 is 0 Å². The van der Waals surface area contributed by atoms with Crippen molar-refractivity contribution < 1.29 is 0 Å². The minimum Gasteiger partial charge on any atom is -0.152 e. The summed E-state index contributed by atoms with van der Waals surface area (Å²) in [6, 6.07) is 0. The molecule has 12 heavy (non-hydrogen) atoms. The fourth-order valence-electron chi connectivity index (χ4n) is 2.22. The molecular weight excluding hydrogens is 164 g/mol. The number of thiophene rings is 1. The third kappa shape index (κ3) is 1.31. The molecule has 66 valence electrons. The van der Waals surface area contributed by atoms with E-state index in [0.29, 0.717) is 0 Å². The third-order valence-corrected chi connectivity index (χ3v) is 3.75. The van der Waals surface area contributed by atoms with Crippen LogP contribution in [0.15, 0.2) is 10.8 Å². The van der Waals surface area contributed by atoms with Crippen LogP contribution in [0, 0.1) is 5.92 Å². The fraction of sp³-hybridized carbons (Fsp3) is 0.636. The minimum atomic E-state index is 0.818. The molecule has 0 radical (unpaired) electrons. The van der Waals surface area contributed by atoms with Crippen LogP contribution in [0.5, 0.6) is 0 Å².